The highest BCUT2D eigenvalue weighted by Crippen LogP contribution is 2.42. The molecular formula is C23H21Cl2N5O2. The first-order valence-corrected chi connectivity index (χ1v) is 11.2. The first-order chi connectivity index (χ1) is 15.4. The second-order valence-corrected chi connectivity index (χ2v) is 9.07. The lowest BCUT2D eigenvalue weighted by Crippen LogP contribution is -2.39. The van der Waals surface area contributed by atoms with Crippen LogP contribution in [0.4, 0.5) is 0 Å². The van der Waals surface area contributed by atoms with Crippen LogP contribution in [0, 0.1) is 17.2 Å². The van der Waals surface area contributed by atoms with Gasteiger partial charge in [0.1, 0.15) is 11.6 Å². The molecule has 0 N–H and O–H groups in total. The molecule has 1 fully saturated rings. The van der Waals surface area contributed by atoms with Crippen LogP contribution in [0.25, 0.3) is 16.7 Å². The molecule has 1 aromatic carbocycles. The van der Waals surface area contributed by atoms with Gasteiger partial charge in [-0.25, -0.2) is 14.6 Å². The average molecular weight is 470 g/mol. The zero-order chi connectivity index (χ0) is 22.5. The van der Waals surface area contributed by atoms with E-state index in [-0.39, 0.29) is 17.7 Å². The average Bonchev–Trinajstić information content (AvgIpc) is 3.40. The molecule has 0 amide bonds. The van der Waals surface area contributed by atoms with Gasteiger partial charge in [0.15, 0.2) is 17.1 Å². The van der Waals surface area contributed by atoms with Gasteiger partial charge < -0.3 is 9.47 Å². The van der Waals surface area contributed by atoms with Crippen LogP contribution in [0.15, 0.2) is 30.5 Å². The highest BCUT2D eigenvalue weighted by Gasteiger charge is 2.43. The van der Waals surface area contributed by atoms with E-state index in [2.05, 4.69) is 29.2 Å². The molecule has 32 heavy (non-hydrogen) atoms. The van der Waals surface area contributed by atoms with E-state index < -0.39 is 5.79 Å². The number of ether oxygens (including phenoxy) is 2. The Kier molecular flexibility index (Phi) is 5.42. The van der Waals surface area contributed by atoms with E-state index in [0.717, 1.165) is 23.3 Å². The van der Waals surface area contributed by atoms with Crippen molar-refractivity contribution in [3.8, 4) is 6.07 Å². The number of benzene rings is 1. The van der Waals surface area contributed by atoms with Crippen molar-refractivity contribution in [3.05, 3.63) is 57.5 Å². The molecule has 2 atom stereocenters. The van der Waals surface area contributed by atoms with Crippen LogP contribution < -0.4 is 0 Å². The minimum Gasteiger partial charge on any atom is -0.347 e. The molecule has 3 heterocycles. The summed E-state index contributed by atoms with van der Waals surface area (Å²) in [6, 6.07) is 7.19. The Balaban J connectivity index is 1.56. The van der Waals surface area contributed by atoms with E-state index in [9.17, 15) is 5.26 Å². The highest BCUT2D eigenvalue weighted by atomic mass is 35.5. The molecule has 2 aliphatic rings. The maximum absolute atomic E-state index is 9.59. The highest BCUT2D eigenvalue weighted by molar-refractivity contribution is 6.35. The zero-order valence-corrected chi connectivity index (χ0v) is 19.2. The number of rotatable bonds is 3. The fourth-order valence-corrected chi connectivity index (χ4v) is 5.06. The Bertz CT molecular complexity index is 1270. The molecule has 1 saturated heterocycles. The van der Waals surface area contributed by atoms with Gasteiger partial charge in [-0.05, 0) is 36.6 Å². The molecule has 0 saturated carbocycles. The molecule has 7 nitrogen and oxygen atoms in total. The van der Waals surface area contributed by atoms with Gasteiger partial charge in [-0.2, -0.15) is 10.4 Å². The van der Waals surface area contributed by atoms with Crippen LogP contribution in [0.3, 0.4) is 0 Å². The van der Waals surface area contributed by atoms with Crippen molar-refractivity contribution in [1.29, 1.82) is 5.26 Å². The zero-order valence-electron chi connectivity index (χ0n) is 17.7. The van der Waals surface area contributed by atoms with Crippen LogP contribution in [0.5, 0.6) is 0 Å². The number of nitriles is 1. The van der Waals surface area contributed by atoms with E-state index in [0.29, 0.717) is 40.8 Å². The van der Waals surface area contributed by atoms with E-state index >= 15 is 0 Å². The van der Waals surface area contributed by atoms with Crippen molar-refractivity contribution in [2.45, 2.75) is 38.5 Å². The summed E-state index contributed by atoms with van der Waals surface area (Å²) in [5.41, 5.74) is 3.92. The smallest absolute Gasteiger partial charge is 0.190 e. The minimum atomic E-state index is -0.531. The molecule has 3 aromatic rings. The second kappa shape index (κ2) is 8.13. The van der Waals surface area contributed by atoms with Gasteiger partial charge in [-0.3, -0.25) is 0 Å². The lowest BCUT2D eigenvalue weighted by Gasteiger charge is -2.36. The van der Waals surface area contributed by atoms with Crippen molar-refractivity contribution in [1.82, 2.24) is 19.7 Å². The number of hydrogen-bond donors (Lipinski definition) is 0. The summed E-state index contributed by atoms with van der Waals surface area (Å²) < 4.78 is 13.5. The summed E-state index contributed by atoms with van der Waals surface area (Å²) in [5, 5.41) is 15.2. The molecule has 1 spiro atoms. The molecule has 164 valence electrons. The third-order valence-electron chi connectivity index (χ3n) is 6.30. The van der Waals surface area contributed by atoms with Crippen LogP contribution in [0.2, 0.25) is 10.0 Å². The minimum absolute atomic E-state index is 0.189. The van der Waals surface area contributed by atoms with E-state index in [1.54, 1.807) is 23.0 Å². The molecule has 0 bridgehead atoms. The summed E-state index contributed by atoms with van der Waals surface area (Å²) in [5.74, 6) is -0.342. The van der Waals surface area contributed by atoms with Crippen LogP contribution in [0.1, 0.15) is 49.7 Å². The number of allylic oxidation sites excluding steroid dienone is 1. The molecule has 2 aromatic heterocycles. The summed E-state index contributed by atoms with van der Waals surface area (Å²) in [7, 11) is 0. The number of halogens is 2. The fraction of sp³-hybridized carbons (Fsp3) is 0.391. The van der Waals surface area contributed by atoms with Crippen LogP contribution in [-0.4, -0.2) is 38.7 Å². The fourth-order valence-electron chi connectivity index (χ4n) is 4.50. The number of fused-ring (bicyclic) bond motifs is 1. The van der Waals surface area contributed by atoms with Gasteiger partial charge in [0.2, 0.25) is 0 Å². The lowest BCUT2D eigenvalue weighted by molar-refractivity contribution is -0.190. The van der Waals surface area contributed by atoms with Crippen LogP contribution >= 0.6 is 23.2 Å². The molecule has 0 radical (unpaired) electrons. The maximum Gasteiger partial charge on any atom is 0.190 e. The normalized spacial score (nSPS) is 21.0. The van der Waals surface area contributed by atoms with E-state index in [1.165, 1.54) is 0 Å². The topological polar surface area (TPSA) is 85.9 Å². The Morgan fingerprint density at radius 3 is 2.75 bits per heavy atom. The largest absolute Gasteiger partial charge is 0.347 e. The third kappa shape index (κ3) is 3.48. The quantitative estimate of drug-likeness (QED) is 0.525. The summed E-state index contributed by atoms with van der Waals surface area (Å²) in [6.07, 6.45) is 5.26. The van der Waals surface area contributed by atoms with Crippen molar-refractivity contribution in [3.63, 3.8) is 0 Å². The van der Waals surface area contributed by atoms with Gasteiger partial charge in [0.25, 0.3) is 0 Å². The Morgan fingerprint density at radius 2 is 2.06 bits per heavy atom. The summed E-state index contributed by atoms with van der Waals surface area (Å²) in [4.78, 5) is 9.43. The molecule has 1 aliphatic carbocycles. The van der Waals surface area contributed by atoms with Gasteiger partial charge in [-0.15, -0.1) is 0 Å². The van der Waals surface area contributed by atoms with Gasteiger partial charge in [-0.1, -0.05) is 42.3 Å². The van der Waals surface area contributed by atoms with Gasteiger partial charge in [0.05, 0.1) is 31.1 Å². The summed E-state index contributed by atoms with van der Waals surface area (Å²) in [6.45, 7) is 5.34. The predicted molar refractivity (Wildman–Crippen MR) is 121 cm³/mol. The standard InChI is InChI=1S/C23H21Cl2N5O2/c1-13-9-15(5-6-23(13)31-7-8-32-23)20-12-27-21-19(11-26)29-30(22(21)28-20)14(2)17-4-3-16(24)10-18(17)25/h3-5,10,12-14H,6-9H2,1-2H3. The monoisotopic (exact) mass is 469 g/mol. The summed E-state index contributed by atoms with van der Waals surface area (Å²) >= 11 is 12.5. The molecular weight excluding hydrogens is 449 g/mol. The predicted octanol–water partition coefficient (Wildman–Crippen LogP) is 5.17. The first kappa shape index (κ1) is 21.4. The molecule has 5 rings (SSSR count). The van der Waals surface area contributed by atoms with Gasteiger partial charge >= 0.3 is 0 Å². The lowest BCUT2D eigenvalue weighted by atomic mass is 9.83. The van der Waals surface area contributed by atoms with Crippen molar-refractivity contribution < 1.29 is 9.47 Å². The number of aromatic nitrogens is 4. The van der Waals surface area contributed by atoms with Crippen molar-refractivity contribution in [2.75, 3.05) is 13.2 Å². The molecule has 9 heteroatoms. The van der Waals surface area contributed by atoms with Crippen molar-refractivity contribution >= 4 is 39.9 Å². The Morgan fingerprint density at radius 1 is 1.28 bits per heavy atom. The molecule has 2 unspecified atom stereocenters. The third-order valence-corrected chi connectivity index (χ3v) is 6.87. The Hall–Kier alpha value is -2.50. The van der Waals surface area contributed by atoms with E-state index in [1.807, 2.05) is 13.0 Å². The first-order valence-electron chi connectivity index (χ1n) is 10.5. The van der Waals surface area contributed by atoms with Crippen molar-refractivity contribution in [2.24, 2.45) is 5.92 Å². The molecule has 1 aliphatic heterocycles. The van der Waals surface area contributed by atoms with Gasteiger partial charge in [0, 0.05) is 22.4 Å². The Labute approximate surface area is 195 Å². The number of hydrogen-bond acceptors (Lipinski definition) is 6. The number of nitrogens with zero attached hydrogens (tertiary/aromatic N) is 5. The van der Waals surface area contributed by atoms with E-state index in [4.69, 9.17) is 37.7 Å². The maximum atomic E-state index is 9.59. The van der Waals surface area contributed by atoms with Crippen LogP contribution in [-0.2, 0) is 9.47 Å². The SMILES string of the molecule is CC(c1ccc(Cl)cc1Cl)n1nc(C#N)c2ncc(C3=CCC4(OCCO4)C(C)C3)nc21. The second-order valence-electron chi connectivity index (χ2n) is 8.22.